The summed E-state index contributed by atoms with van der Waals surface area (Å²) in [7, 11) is 0. The van der Waals surface area contributed by atoms with Gasteiger partial charge in [0.25, 0.3) is 0 Å². The van der Waals surface area contributed by atoms with Crippen molar-refractivity contribution in [3.05, 3.63) is 94.6 Å². The molecule has 5 rings (SSSR count). The third kappa shape index (κ3) is 5.55. The van der Waals surface area contributed by atoms with Gasteiger partial charge in [-0.2, -0.15) is 0 Å². The third-order valence-electron chi connectivity index (χ3n) is 6.17. The Balaban J connectivity index is 1.13. The van der Waals surface area contributed by atoms with Crippen LogP contribution >= 0.6 is 11.6 Å². The maximum absolute atomic E-state index is 12.7. The number of nitrogens with one attached hydrogen (secondary N) is 1. The zero-order chi connectivity index (χ0) is 22.6. The van der Waals surface area contributed by atoms with Gasteiger partial charge in [0.15, 0.2) is 0 Å². The molecule has 1 N–H and O–H groups in total. The molecule has 2 aliphatic rings. The number of ether oxygens (including phenoxy) is 1. The second-order valence-corrected chi connectivity index (χ2v) is 9.02. The highest BCUT2D eigenvalue weighted by molar-refractivity contribution is 6.30. The fraction of sp³-hybridized carbons (Fsp3) is 0.259. The standard InChI is InChI=1S/C27H26ClN3O2/c28-22-9-10-26(29-18-22)33-23-8-4-5-20(16-23)15-19-11-13-31(14-12-19)27(32)30-25-17-24(25)21-6-2-1-3-7-21/h1-10,15-16,18,24-25H,11-14,17H2,(H,30,32). The number of carbonyl (C=O) groups is 1. The van der Waals surface area contributed by atoms with Crippen molar-refractivity contribution in [3.63, 3.8) is 0 Å². The van der Waals surface area contributed by atoms with E-state index in [1.165, 1.54) is 11.1 Å². The van der Waals surface area contributed by atoms with Crippen molar-refractivity contribution in [3.8, 4) is 11.6 Å². The Morgan fingerprint density at radius 1 is 1.06 bits per heavy atom. The topological polar surface area (TPSA) is 54.5 Å². The number of hydrogen-bond acceptors (Lipinski definition) is 3. The van der Waals surface area contributed by atoms with Gasteiger partial charge in [-0.25, -0.2) is 9.78 Å². The lowest BCUT2D eigenvalue weighted by atomic mass is 10.0. The van der Waals surface area contributed by atoms with Crippen molar-refractivity contribution in [2.45, 2.75) is 31.2 Å². The maximum atomic E-state index is 12.7. The average Bonchev–Trinajstić information content (AvgIpc) is 3.61. The molecule has 2 unspecified atom stereocenters. The molecule has 2 heterocycles. The van der Waals surface area contributed by atoms with Crippen LogP contribution < -0.4 is 10.1 Å². The fourth-order valence-corrected chi connectivity index (χ4v) is 4.37. The summed E-state index contributed by atoms with van der Waals surface area (Å²) in [5.74, 6) is 1.69. The molecular weight excluding hydrogens is 434 g/mol. The number of piperidine rings is 1. The van der Waals surface area contributed by atoms with Gasteiger partial charge in [-0.1, -0.05) is 65.7 Å². The summed E-state index contributed by atoms with van der Waals surface area (Å²) >= 11 is 5.88. The summed E-state index contributed by atoms with van der Waals surface area (Å²) in [5, 5.41) is 3.79. The quantitative estimate of drug-likeness (QED) is 0.489. The predicted molar refractivity (Wildman–Crippen MR) is 131 cm³/mol. The summed E-state index contributed by atoms with van der Waals surface area (Å²) in [4.78, 5) is 18.8. The van der Waals surface area contributed by atoms with Gasteiger partial charge in [0.05, 0.1) is 5.02 Å². The normalized spacial score (nSPS) is 19.7. The molecular formula is C27H26ClN3O2. The first-order valence-electron chi connectivity index (χ1n) is 11.3. The number of halogens is 1. The van der Waals surface area contributed by atoms with Crippen molar-refractivity contribution in [1.82, 2.24) is 15.2 Å². The van der Waals surface area contributed by atoms with Gasteiger partial charge in [0.2, 0.25) is 5.88 Å². The Kier molecular flexibility index (Phi) is 6.31. The minimum atomic E-state index is 0.0587. The van der Waals surface area contributed by atoms with Crippen molar-refractivity contribution >= 4 is 23.7 Å². The molecule has 1 aromatic heterocycles. The number of rotatable bonds is 5. The largest absolute Gasteiger partial charge is 0.439 e. The van der Waals surface area contributed by atoms with Crippen molar-refractivity contribution in [2.24, 2.45) is 0 Å². The molecule has 3 aromatic rings. The second kappa shape index (κ2) is 9.67. The van der Waals surface area contributed by atoms with E-state index in [-0.39, 0.29) is 12.1 Å². The van der Waals surface area contributed by atoms with E-state index in [1.54, 1.807) is 18.3 Å². The number of likely N-dealkylation sites (tertiary alicyclic amines) is 1. The molecule has 6 heteroatoms. The summed E-state index contributed by atoms with van der Waals surface area (Å²) < 4.78 is 5.83. The van der Waals surface area contributed by atoms with Crippen LogP contribution in [0.5, 0.6) is 11.6 Å². The Bertz CT molecular complexity index is 1140. The minimum Gasteiger partial charge on any atom is -0.439 e. The van der Waals surface area contributed by atoms with E-state index >= 15 is 0 Å². The number of carbonyl (C=O) groups excluding carboxylic acids is 1. The van der Waals surface area contributed by atoms with E-state index in [0.29, 0.717) is 16.8 Å². The minimum absolute atomic E-state index is 0.0587. The molecule has 1 aliphatic heterocycles. The molecule has 0 spiro atoms. The zero-order valence-electron chi connectivity index (χ0n) is 18.3. The molecule has 0 radical (unpaired) electrons. The van der Waals surface area contributed by atoms with Crippen LogP contribution in [0, 0.1) is 0 Å². The first-order valence-corrected chi connectivity index (χ1v) is 11.7. The number of nitrogens with zero attached hydrogens (tertiary/aromatic N) is 2. The van der Waals surface area contributed by atoms with Gasteiger partial charge in [0, 0.05) is 37.3 Å². The smallest absolute Gasteiger partial charge is 0.317 e. The number of benzene rings is 2. The highest BCUT2D eigenvalue weighted by Gasteiger charge is 2.40. The molecule has 2 fully saturated rings. The van der Waals surface area contributed by atoms with Crippen LogP contribution in [-0.2, 0) is 0 Å². The highest BCUT2D eigenvalue weighted by atomic mass is 35.5. The zero-order valence-corrected chi connectivity index (χ0v) is 19.0. The first-order chi connectivity index (χ1) is 16.1. The molecule has 1 saturated heterocycles. The number of pyridine rings is 1. The Morgan fingerprint density at radius 3 is 2.64 bits per heavy atom. The molecule has 5 nitrogen and oxygen atoms in total. The number of aromatic nitrogens is 1. The van der Waals surface area contributed by atoms with Crippen LogP contribution in [0.25, 0.3) is 6.08 Å². The third-order valence-corrected chi connectivity index (χ3v) is 6.40. The number of urea groups is 1. The van der Waals surface area contributed by atoms with Gasteiger partial charge in [-0.05, 0) is 48.6 Å². The lowest BCUT2D eigenvalue weighted by Crippen LogP contribution is -2.44. The van der Waals surface area contributed by atoms with Crippen LogP contribution in [0.3, 0.4) is 0 Å². The van der Waals surface area contributed by atoms with E-state index in [1.807, 2.05) is 29.2 Å². The lowest BCUT2D eigenvalue weighted by Gasteiger charge is -2.28. The molecule has 1 saturated carbocycles. The molecule has 33 heavy (non-hydrogen) atoms. The van der Waals surface area contributed by atoms with Crippen molar-refractivity contribution < 1.29 is 9.53 Å². The van der Waals surface area contributed by atoms with E-state index in [4.69, 9.17) is 16.3 Å². The van der Waals surface area contributed by atoms with E-state index in [0.717, 1.165) is 43.7 Å². The maximum Gasteiger partial charge on any atom is 0.317 e. The summed E-state index contributed by atoms with van der Waals surface area (Å²) in [6.45, 7) is 1.48. The van der Waals surface area contributed by atoms with Crippen molar-refractivity contribution in [2.75, 3.05) is 13.1 Å². The number of hydrogen-bond donors (Lipinski definition) is 1. The lowest BCUT2D eigenvalue weighted by molar-refractivity contribution is 0.193. The molecule has 0 bridgehead atoms. The average molecular weight is 460 g/mol. The second-order valence-electron chi connectivity index (χ2n) is 8.59. The van der Waals surface area contributed by atoms with Gasteiger partial charge >= 0.3 is 6.03 Å². The molecule has 2 aromatic carbocycles. The van der Waals surface area contributed by atoms with Gasteiger partial charge in [-0.3, -0.25) is 0 Å². The van der Waals surface area contributed by atoms with E-state index in [2.05, 4.69) is 46.7 Å². The fourth-order valence-electron chi connectivity index (χ4n) is 4.26. The van der Waals surface area contributed by atoms with Crippen LogP contribution in [0.2, 0.25) is 5.02 Å². The first kappa shape index (κ1) is 21.5. The Morgan fingerprint density at radius 2 is 1.88 bits per heavy atom. The molecule has 168 valence electrons. The monoisotopic (exact) mass is 459 g/mol. The van der Waals surface area contributed by atoms with Crippen LogP contribution in [-0.4, -0.2) is 35.0 Å². The van der Waals surface area contributed by atoms with Gasteiger partial charge in [0.1, 0.15) is 5.75 Å². The van der Waals surface area contributed by atoms with Crippen LogP contribution in [0.1, 0.15) is 36.3 Å². The Hall–Kier alpha value is -3.31. The van der Waals surface area contributed by atoms with Crippen molar-refractivity contribution in [1.29, 1.82) is 0 Å². The van der Waals surface area contributed by atoms with Crippen LogP contribution in [0.4, 0.5) is 4.79 Å². The van der Waals surface area contributed by atoms with Crippen LogP contribution in [0.15, 0.2) is 78.5 Å². The molecule has 2 atom stereocenters. The predicted octanol–water partition coefficient (Wildman–Crippen LogP) is 6.27. The summed E-state index contributed by atoms with van der Waals surface area (Å²) in [5.41, 5.74) is 3.73. The highest BCUT2D eigenvalue weighted by Crippen LogP contribution is 2.40. The summed E-state index contributed by atoms with van der Waals surface area (Å²) in [6, 6.07) is 22.2. The summed E-state index contributed by atoms with van der Waals surface area (Å²) in [6.07, 6.45) is 6.55. The van der Waals surface area contributed by atoms with Gasteiger partial charge < -0.3 is 15.0 Å². The Labute approximate surface area is 199 Å². The van der Waals surface area contributed by atoms with E-state index < -0.39 is 0 Å². The molecule has 2 amide bonds. The van der Waals surface area contributed by atoms with E-state index in [9.17, 15) is 4.79 Å². The molecule has 1 aliphatic carbocycles. The number of amides is 2. The SMILES string of the molecule is O=C(NC1CC1c1ccccc1)N1CCC(=Cc2cccc(Oc3ccc(Cl)cn3)c2)CC1. The van der Waals surface area contributed by atoms with Gasteiger partial charge in [-0.15, -0.1) is 0 Å².